The van der Waals surface area contributed by atoms with Gasteiger partial charge in [0.05, 0.1) is 36.7 Å². The summed E-state index contributed by atoms with van der Waals surface area (Å²) in [6.07, 6.45) is -7.08. The Bertz CT molecular complexity index is 1800. The lowest BCUT2D eigenvalue weighted by Gasteiger charge is -2.51. The predicted molar refractivity (Wildman–Crippen MR) is 241 cm³/mol. The Morgan fingerprint density at radius 3 is 2.13 bits per heavy atom. The number of hydrogen-bond acceptors (Lipinski definition) is 19. The number of nitrogens with zero attached hydrogens (tertiary/aromatic N) is 1. The van der Waals surface area contributed by atoms with Gasteiger partial charge in [-0.3, -0.25) is 28.8 Å². The van der Waals surface area contributed by atoms with E-state index in [0.717, 1.165) is 0 Å². The topological polar surface area (TPSA) is 239 Å². The number of allylic oxidation sites excluding steroid dienone is 1. The third-order valence-corrected chi connectivity index (χ3v) is 13.4. The lowest BCUT2D eigenvalue weighted by atomic mass is 9.79. The van der Waals surface area contributed by atoms with E-state index in [2.05, 4.69) is 0 Å². The van der Waals surface area contributed by atoms with Crippen LogP contribution >= 0.6 is 0 Å². The van der Waals surface area contributed by atoms with Crippen LogP contribution in [0.25, 0.3) is 0 Å². The van der Waals surface area contributed by atoms with E-state index < -0.39 is 145 Å². The van der Waals surface area contributed by atoms with Crippen LogP contribution in [-0.4, -0.2) is 157 Å². The molecule has 19 heteroatoms. The fraction of sp³-hybridized carbons (Fsp3) is 0.816. The van der Waals surface area contributed by atoms with Gasteiger partial charge in [0, 0.05) is 51.9 Å². The van der Waals surface area contributed by atoms with Crippen molar-refractivity contribution >= 4 is 41.9 Å². The zero-order valence-electron chi connectivity index (χ0n) is 42.3. The number of fused-ring (bicyclic) bond motifs is 1. The lowest BCUT2D eigenvalue weighted by Crippen LogP contribution is -2.66. The van der Waals surface area contributed by atoms with Crippen molar-refractivity contribution in [1.29, 1.82) is 0 Å². The van der Waals surface area contributed by atoms with Gasteiger partial charge in [0.15, 0.2) is 30.6 Å². The zero-order valence-corrected chi connectivity index (χ0v) is 42.3. The molecule has 0 radical (unpaired) electrons. The minimum absolute atomic E-state index is 0.0447. The molecule has 68 heavy (non-hydrogen) atoms. The van der Waals surface area contributed by atoms with E-state index in [-0.39, 0.29) is 44.0 Å². The summed E-state index contributed by atoms with van der Waals surface area (Å²) in [6, 6.07) is -0.797. The molecular weight excluding hydrogens is 891 g/mol. The van der Waals surface area contributed by atoms with Gasteiger partial charge in [0.1, 0.15) is 48.5 Å². The van der Waals surface area contributed by atoms with Crippen LogP contribution < -0.4 is 0 Å². The normalized spacial score (nSPS) is 39.8. The number of carbonyl (C=O) groups excluding carboxylic acids is 7. The fourth-order valence-electron chi connectivity index (χ4n) is 9.91. The second kappa shape index (κ2) is 24.3. The number of aldehydes is 1. The number of likely N-dealkylation sites (N-methyl/N-ethyl adjacent to an activating group) is 1. The first-order valence-corrected chi connectivity index (χ1v) is 23.9. The first-order chi connectivity index (χ1) is 31.7. The molecule has 4 rings (SSSR count). The highest BCUT2D eigenvalue weighted by atomic mass is 16.7. The summed E-state index contributed by atoms with van der Waals surface area (Å²) >= 11 is 0. The largest absolute Gasteiger partial charge is 0.465 e. The molecule has 386 valence electrons. The zero-order chi connectivity index (χ0) is 51.0. The first-order valence-electron chi connectivity index (χ1n) is 23.9. The Morgan fingerprint density at radius 1 is 0.912 bits per heavy atom. The molecule has 3 saturated heterocycles. The van der Waals surface area contributed by atoms with Gasteiger partial charge in [-0.2, -0.15) is 0 Å². The number of cyclic esters (lactones) is 1. The molecule has 4 heterocycles. The van der Waals surface area contributed by atoms with Crippen LogP contribution in [0, 0.1) is 29.6 Å². The van der Waals surface area contributed by atoms with Gasteiger partial charge in [-0.1, -0.05) is 34.6 Å². The average Bonchev–Trinajstić information content (AvgIpc) is 3.89. The van der Waals surface area contributed by atoms with Crippen molar-refractivity contribution in [1.82, 2.24) is 4.90 Å². The molecule has 4 aliphatic heterocycles. The Balaban J connectivity index is 1.74. The highest BCUT2D eigenvalue weighted by Gasteiger charge is 2.58. The van der Waals surface area contributed by atoms with Gasteiger partial charge in [-0.25, -0.2) is 0 Å². The third kappa shape index (κ3) is 15.1. The molecule has 18 atom stereocenters. The van der Waals surface area contributed by atoms with E-state index >= 15 is 0 Å². The lowest BCUT2D eigenvalue weighted by molar-refractivity contribution is -0.343. The second-order valence-electron chi connectivity index (χ2n) is 20.2. The minimum Gasteiger partial charge on any atom is -0.465 e. The van der Waals surface area contributed by atoms with Crippen molar-refractivity contribution in [2.24, 2.45) is 29.6 Å². The summed E-state index contributed by atoms with van der Waals surface area (Å²) in [5.41, 5.74) is -2.50. The predicted octanol–water partition coefficient (Wildman–Crippen LogP) is 4.19. The monoisotopic (exact) mass is 968 g/mol. The summed E-state index contributed by atoms with van der Waals surface area (Å²) < 4.78 is 61.4. The summed E-state index contributed by atoms with van der Waals surface area (Å²) in [4.78, 5) is 92.5. The second-order valence-corrected chi connectivity index (χ2v) is 20.2. The van der Waals surface area contributed by atoms with E-state index in [9.17, 15) is 38.7 Å². The van der Waals surface area contributed by atoms with Crippen molar-refractivity contribution in [3.05, 3.63) is 12.2 Å². The van der Waals surface area contributed by atoms with E-state index in [1.54, 1.807) is 73.5 Å². The van der Waals surface area contributed by atoms with E-state index in [0.29, 0.717) is 12.7 Å². The maximum atomic E-state index is 14.0. The number of epoxide rings is 1. The van der Waals surface area contributed by atoms with Gasteiger partial charge < -0.3 is 62.2 Å². The highest BCUT2D eigenvalue weighted by molar-refractivity contribution is 5.91. The third-order valence-electron chi connectivity index (χ3n) is 13.4. The number of ketones is 1. The molecule has 0 aromatic carbocycles. The Kier molecular flexibility index (Phi) is 20.3. The van der Waals surface area contributed by atoms with Gasteiger partial charge in [0.2, 0.25) is 0 Å². The standard InChI is InChI=1S/C49H77NO18/c1-15-36-34(24-59-30(8)52)46-49(12,68-46)18-16-35(55)26(4)21-33(17-19-51)42(27(5)37(62-31(9)53)22-39(57)64-36)67-47-44(63-32(10)54)41(50(13)14)43(28(6)61-47)66-40-23-48(11,58)45(29(7)60-40)65-38(56)20-25(2)3/h16,18-19,25-29,33-34,36-37,40-47,58H,15,17,20-24H2,1-14H3/b18-16-. The molecule has 3 fully saturated rings. The number of ether oxygens (including phenoxy) is 10. The van der Waals surface area contributed by atoms with Gasteiger partial charge in [-0.15, -0.1) is 0 Å². The van der Waals surface area contributed by atoms with Crippen LogP contribution in [-0.2, 0) is 80.9 Å². The summed E-state index contributed by atoms with van der Waals surface area (Å²) in [7, 11) is 3.50. The van der Waals surface area contributed by atoms with Crippen molar-refractivity contribution in [2.45, 2.75) is 206 Å². The minimum atomic E-state index is -1.55. The van der Waals surface area contributed by atoms with Crippen LogP contribution in [0.3, 0.4) is 0 Å². The van der Waals surface area contributed by atoms with Gasteiger partial charge >= 0.3 is 29.8 Å². The van der Waals surface area contributed by atoms with Crippen LogP contribution in [0.2, 0.25) is 0 Å². The molecule has 4 aliphatic rings. The van der Waals surface area contributed by atoms with Gasteiger partial charge in [0.25, 0.3) is 0 Å². The Morgan fingerprint density at radius 2 is 1.57 bits per heavy atom. The summed E-state index contributed by atoms with van der Waals surface area (Å²) in [6.45, 7) is 19.3. The Hall–Kier alpha value is -3.85. The molecule has 1 N–H and O–H groups in total. The van der Waals surface area contributed by atoms with Crippen LogP contribution in [0.4, 0.5) is 0 Å². The quantitative estimate of drug-likeness (QED) is 0.105. The van der Waals surface area contributed by atoms with Crippen molar-refractivity contribution < 1.29 is 86.0 Å². The molecule has 0 aromatic heterocycles. The van der Waals surface area contributed by atoms with Crippen LogP contribution in [0.15, 0.2) is 12.2 Å². The van der Waals surface area contributed by atoms with Crippen molar-refractivity contribution in [3.63, 3.8) is 0 Å². The molecule has 0 spiro atoms. The fourth-order valence-corrected chi connectivity index (χ4v) is 9.91. The number of aliphatic hydroxyl groups is 1. The number of esters is 5. The van der Waals surface area contributed by atoms with Crippen molar-refractivity contribution in [2.75, 3.05) is 20.7 Å². The molecule has 18 unspecified atom stereocenters. The molecule has 19 nitrogen and oxygen atoms in total. The summed E-state index contributed by atoms with van der Waals surface area (Å²) in [5.74, 6) is -6.28. The number of hydrogen-bond donors (Lipinski definition) is 1. The van der Waals surface area contributed by atoms with Gasteiger partial charge in [-0.05, 0) is 78.6 Å². The first kappa shape index (κ1) is 56.7. The number of carbonyl (C=O) groups is 7. The molecule has 0 amide bonds. The van der Waals surface area contributed by atoms with Crippen LogP contribution in [0.1, 0.15) is 122 Å². The molecular formula is C49H77NO18. The highest BCUT2D eigenvalue weighted by Crippen LogP contribution is 2.46. The van der Waals surface area contributed by atoms with Crippen LogP contribution in [0.5, 0.6) is 0 Å². The van der Waals surface area contributed by atoms with Crippen molar-refractivity contribution in [3.8, 4) is 0 Å². The smallest absolute Gasteiger partial charge is 0.309 e. The SMILES string of the molecule is CCC1OC(=O)CC(OC(C)=O)C(C)C(OC2OC(C)C(OC3CC(C)(O)C(OC(=O)CC(C)C)C(C)O3)C(N(C)C)C2OC(C)=O)C(CC=O)CC(C)C(=O)/C=C\C2(C)OC2C1COC(C)=O. The maximum absolute atomic E-state index is 14.0. The number of rotatable bonds is 15. The molecule has 0 bridgehead atoms. The molecule has 0 aliphatic carbocycles. The van der Waals surface area contributed by atoms with E-state index in [1.807, 2.05) is 13.8 Å². The van der Waals surface area contributed by atoms with E-state index in [4.69, 9.17) is 47.4 Å². The molecule has 0 aromatic rings. The van der Waals surface area contributed by atoms with E-state index in [1.165, 1.54) is 26.8 Å². The molecule has 0 saturated carbocycles. The maximum Gasteiger partial charge on any atom is 0.309 e. The Labute approximate surface area is 400 Å². The summed E-state index contributed by atoms with van der Waals surface area (Å²) in [5, 5.41) is 11.6. The average molecular weight is 968 g/mol.